The second-order valence-electron chi connectivity index (χ2n) is 6.22. The van der Waals surface area contributed by atoms with Gasteiger partial charge in [-0.3, -0.25) is 0 Å². The van der Waals surface area contributed by atoms with Crippen LogP contribution in [0.25, 0.3) is 0 Å². The minimum absolute atomic E-state index is 0.00723. The quantitative estimate of drug-likeness (QED) is 0.826. The molecule has 0 bridgehead atoms. The molecule has 18 heavy (non-hydrogen) atoms. The molecule has 3 aliphatic heterocycles. The summed E-state index contributed by atoms with van der Waals surface area (Å²) in [6, 6.07) is 0.304. The fraction of sp³-hybridized carbons (Fsp3) is 1.00. The van der Waals surface area contributed by atoms with Crippen LogP contribution < -0.4 is 5.73 Å². The van der Waals surface area contributed by atoms with E-state index in [0.29, 0.717) is 17.9 Å². The van der Waals surface area contributed by atoms with Crippen molar-refractivity contribution >= 4 is 0 Å². The Morgan fingerprint density at radius 2 is 2.11 bits per heavy atom. The van der Waals surface area contributed by atoms with Crippen LogP contribution in [0.5, 0.6) is 0 Å². The van der Waals surface area contributed by atoms with Crippen LogP contribution in [0.2, 0.25) is 0 Å². The summed E-state index contributed by atoms with van der Waals surface area (Å²) in [7, 11) is 0. The van der Waals surface area contributed by atoms with Gasteiger partial charge < -0.3 is 19.9 Å². The highest BCUT2D eigenvalue weighted by atomic mass is 16.6. The Morgan fingerprint density at radius 3 is 2.83 bits per heavy atom. The average Bonchev–Trinajstić information content (AvgIpc) is 3.02. The molecule has 0 aliphatic carbocycles. The van der Waals surface area contributed by atoms with Crippen LogP contribution in [-0.2, 0) is 14.2 Å². The lowest BCUT2D eigenvalue weighted by molar-refractivity contribution is -0.102. The van der Waals surface area contributed by atoms with E-state index >= 15 is 0 Å². The summed E-state index contributed by atoms with van der Waals surface area (Å²) in [4.78, 5) is 0. The van der Waals surface area contributed by atoms with Gasteiger partial charge in [-0.2, -0.15) is 0 Å². The predicted molar refractivity (Wildman–Crippen MR) is 68.4 cm³/mol. The Kier molecular flexibility index (Phi) is 3.89. The predicted octanol–water partition coefficient (Wildman–Crippen LogP) is 1.33. The highest BCUT2D eigenvalue weighted by molar-refractivity contribution is 4.93. The largest absolute Gasteiger partial charge is 0.381 e. The van der Waals surface area contributed by atoms with Crippen molar-refractivity contribution in [1.82, 2.24) is 0 Å². The molecular formula is C14H25NO3. The van der Waals surface area contributed by atoms with Gasteiger partial charge >= 0.3 is 0 Å². The van der Waals surface area contributed by atoms with Crippen molar-refractivity contribution in [1.29, 1.82) is 0 Å². The molecule has 0 radical (unpaired) electrons. The van der Waals surface area contributed by atoms with E-state index in [1.807, 2.05) is 0 Å². The molecule has 0 aromatic heterocycles. The first kappa shape index (κ1) is 12.9. The van der Waals surface area contributed by atoms with Crippen molar-refractivity contribution in [2.75, 3.05) is 33.0 Å². The third-order valence-corrected chi connectivity index (χ3v) is 4.83. The molecule has 0 aromatic rings. The lowest BCUT2D eigenvalue weighted by Gasteiger charge is -2.39. The van der Waals surface area contributed by atoms with Crippen molar-refractivity contribution in [2.24, 2.45) is 17.6 Å². The second kappa shape index (κ2) is 5.45. The van der Waals surface area contributed by atoms with Gasteiger partial charge in [-0.05, 0) is 37.5 Å². The zero-order valence-electron chi connectivity index (χ0n) is 11.1. The van der Waals surface area contributed by atoms with Gasteiger partial charge in [0, 0.05) is 38.9 Å². The van der Waals surface area contributed by atoms with Crippen LogP contribution in [0.4, 0.5) is 0 Å². The fourth-order valence-electron chi connectivity index (χ4n) is 3.64. The van der Waals surface area contributed by atoms with E-state index in [2.05, 4.69) is 0 Å². The summed E-state index contributed by atoms with van der Waals surface area (Å²) < 4.78 is 16.9. The lowest BCUT2D eigenvalue weighted by atomic mass is 9.79. The van der Waals surface area contributed by atoms with Crippen LogP contribution in [0.3, 0.4) is 0 Å². The summed E-state index contributed by atoms with van der Waals surface area (Å²) in [5.74, 6) is 1.28. The fourth-order valence-corrected chi connectivity index (χ4v) is 3.64. The van der Waals surface area contributed by atoms with Gasteiger partial charge in [-0.1, -0.05) is 0 Å². The van der Waals surface area contributed by atoms with Crippen LogP contribution in [-0.4, -0.2) is 44.7 Å². The monoisotopic (exact) mass is 255 g/mol. The summed E-state index contributed by atoms with van der Waals surface area (Å²) >= 11 is 0. The van der Waals surface area contributed by atoms with E-state index in [0.717, 1.165) is 58.7 Å². The van der Waals surface area contributed by atoms with Crippen molar-refractivity contribution < 1.29 is 14.2 Å². The summed E-state index contributed by atoms with van der Waals surface area (Å²) in [5.41, 5.74) is 6.42. The van der Waals surface area contributed by atoms with Crippen molar-refractivity contribution in [3.63, 3.8) is 0 Å². The lowest BCUT2D eigenvalue weighted by Crippen LogP contribution is -2.46. The van der Waals surface area contributed by atoms with Gasteiger partial charge in [-0.25, -0.2) is 0 Å². The van der Waals surface area contributed by atoms with Crippen molar-refractivity contribution in [3.05, 3.63) is 0 Å². The van der Waals surface area contributed by atoms with E-state index in [-0.39, 0.29) is 5.60 Å². The highest BCUT2D eigenvalue weighted by Gasteiger charge is 2.42. The van der Waals surface area contributed by atoms with E-state index < -0.39 is 0 Å². The molecule has 0 amide bonds. The Balaban J connectivity index is 1.54. The Hall–Kier alpha value is -0.160. The zero-order valence-corrected chi connectivity index (χ0v) is 11.1. The van der Waals surface area contributed by atoms with E-state index in [1.165, 1.54) is 6.42 Å². The Labute approximate surface area is 109 Å². The SMILES string of the molecule is NC(CC1CCOC1)C1CCOC2(CCOC2)C1. The molecule has 4 heteroatoms. The highest BCUT2D eigenvalue weighted by Crippen LogP contribution is 2.38. The minimum Gasteiger partial charge on any atom is -0.381 e. The third kappa shape index (κ3) is 2.72. The molecule has 4 unspecified atom stereocenters. The van der Waals surface area contributed by atoms with Gasteiger partial charge in [0.25, 0.3) is 0 Å². The zero-order chi connectivity index (χ0) is 12.4. The summed E-state index contributed by atoms with van der Waals surface area (Å²) in [6.45, 7) is 4.29. The van der Waals surface area contributed by atoms with E-state index in [4.69, 9.17) is 19.9 Å². The molecule has 4 atom stereocenters. The summed E-state index contributed by atoms with van der Waals surface area (Å²) in [5, 5.41) is 0. The first-order valence-electron chi connectivity index (χ1n) is 7.32. The molecule has 104 valence electrons. The smallest absolute Gasteiger partial charge is 0.0939 e. The molecule has 3 heterocycles. The van der Waals surface area contributed by atoms with Crippen molar-refractivity contribution in [3.8, 4) is 0 Å². The molecule has 3 aliphatic rings. The molecule has 3 rings (SSSR count). The van der Waals surface area contributed by atoms with Gasteiger partial charge in [0.15, 0.2) is 0 Å². The van der Waals surface area contributed by atoms with E-state index in [9.17, 15) is 0 Å². The standard InChI is InChI=1S/C14H25NO3/c15-13(7-11-1-4-16-9-11)12-2-5-18-14(8-12)3-6-17-10-14/h11-13H,1-10,15H2. The second-order valence-corrected chi connectivity index (χ2v) is 6.22. The van der Waals surface area contributed by atoms with Crippen LogP contribution >= 0.6 is 0 Å². The van der Waals surface area contributed by atoms with Gasteiger partial charge in [0.1, 0.15) is 0 Å². The minimum atomic E-state index is -0.00723. The average molecular weight is 255 g/mol. The van der Waals surface area contributed by atoms with Crippen LogP contribution in [0.15, 0.2) is 0 Å². The number of rotatable bonds is 3. The molecule has 4 nitrogen and oxygen atoms in total. The molecule has 0 saturated carbocycles. The van der Waals surface area contributed by atoms with E-state index in [1.54, 1.807) is 0 Å². The van der Waals surface area contributed by atoms with Crippen molar-refractivity contribution in [2.45, 2.75) is 43.7 Å². The molecule has 3 saturated heterocycles. The molecule has 2 N–H and O–H groups in total. The Morgan fingerprint density at radius 1 is 1.17 bits per heavy atom. The first-order chi connectivity index (χ1) is 8.77. The molecule has 3 fully saturated rings. The number of hydrogen-bond acceptors (Lipinski definition) is 4. The maximum atomic E-state index is 6.43. The third-order valence-electron chi connectivity index (χ3n) is 4.83. The number of ether oxygens (including phenoxy) is 3. The maximum Gasteiger partial charge on any atom is 0.0939 e. The Bertz CT molecular complexity index is 272. The van der Waals surface area contributed by atoms with Gasteiger partial charge in [-0.15, -0.1) is 0 Å². The topological polar surface area (TPSA) is 53.7 Å². The number of nitrogens with two attached hydrogens (primary N) is 1. The van der Waals surface area contributed by atoms with Crippen LogP contribution in [0.1, 0.15) is 32.1 Å². The normalized spacial score (nSPS) is 42.5. The molecule has 0 aromatic carbocycles. The molecule has 1 spiro atoms. The molecular weight excluding hydrogens is 230 g/mol. The van der Waals surface area contributed by atoms with Crippen LogP contribution in [0, 0.1) is 11.8 Å². The maximum absolute atomic E-state index is 6.43. The first-order valence-corrected chi connectivity index (χ1v) is 7.32. The summed E-state index contributed by atoms with van der Waals surface area (Å²) in [6.07, 6.45) is 5.54. The number of hydrogen-bond donors (Lipinski definition) is 1. The van der Waals surface area contributed by atoms with Gasteiger partial charge in [0.2, 0.25) is 0 Å². The van der Waals surface area contributed by atoms with Gasteiger partial charge in [0.05, 0.1) is 12.2 Å².